The van der Waals surface area contributed by atoms with Crippen LogP contribution in [0.5, 0.6) is 23.0 Å². The van der Waals surface area contributed by atoms with E-state index >= 15 is 0 Å². The molecule has 144 valence electrons. The summed E-state index contributed by atoms with van der Waals surface area (Å²) < 4.78 is 26.6. The zero-order chi connectivity index (χ0) is 19.5. The molecule has 0 amide bonds. The molecular formula is C22H26O5. The first-order valence-corrected chi connectivity index (χ1v) is 8.56. The molecule has 0 N–H and O–H groups in total. The van der Waals surface area contributed by atoms with Crippen molar-refractivity contribution in [2.75, 3.05) is 41.7 Å². The first kappa shape index (κ1) is 20.4. The van der Waals surface area contributed by atoms with Crippen molar-refractivity contribution >= 4 is 12.2 Å². The Kier molecular flexibility index (Phi) is 8.26. The first-order valence-electron chi connectivity index (χ1n) is 8.56. The highest BCUT2D eigenvalue weighted by atomic mass is 16.5. The Hall–Kier alpha value is -2.92. The quantitative estimate of drug-likeness (QED) is 0.578. The van der Waals surface area contributed by atoms with Crippen LogP contribution in [-0.2, 0) is 4.74 Å². The summed E-state index contributed by atoms with van der Waals surface area (Å²) in [5.41, 5.74) is 2.05. The van der Waals surface area contributed by atoms with Gasteiger partial charge in [-0.15, -0.1) is 0 Å². The second kappa shape index (κ2) is 10.9. The van der Waals surface area contributed by atoms with Gasteiger partial charge in [0.25, 0.3) is 0 Å². The van der Waals surface area contributed by atoms with Crippen LogP contribution in [-0.4, -0.2) is 41.7 Å². The highest BCUT2D eigenvalue weighted by molar-refractivity contribution is 5.56. The lowest BCUT2D eigenvalue weighted by molar-refractivity contribution is 0.195. The summed E-state index contributed by atoms with van der Waals surface area (Å²) >= 11 is 0. The van der Waals surface area contributed by atoms with Crippen molar-refractivity contribution in [3.05, 3.63) is 59.7 Å². The molecule has 27 heavy (non-hydrogen) atoms. The van der Waals surface area contributed by atoms with Crippen molar-refractivity contribution in [2.24, 2.45) is 0 Å². The molecule has 0 aromatic heterocycles. The van der Waals surface area contributed by atoms with Crippen LogP contribution in [0.4, 0.5) is 0 Å². The maximum Gasteiger partial charge on any atom is 0.161 e. The average molecular weight is 370 g/mol. The Morgan fingerprint density at radius 2 is 1.00 bits per heavy atom. The van der Waals surface area contributed by atoms with Crippen molar-refractivity contribution in [1.29, 1.82) is 0 Å². The molecule has 0 fully saturated rings. The van der Waals surface area contributed by atoms with Gasteiger partial charge < -0.3 is 23.7 Å². The zero-order valence-electron chi connectivity index (χ0n) is 16.2. The minimum atomic E-state index is 0.518. The molecule has 2 aromatic rings. The number of ether oxygens (including phenoxy) is 5. The Balaban J connectivity index is 1.80. The molecule has 5 nitrogen and oxygen atoms in total. The normalized spacial score (nSPS) is 11.1. The Morgan fingerprint density at radius 1 is 0.593 bits per heavy atom. The smallest absolute Gasteiger partial charge is 0.161 e. The number of benzene rings is 2. The Labute approximate surface area is 160 Å². The van der Waals surface area contributed by atoms with E-state index in [9.17, 15) is 0 Å². The van der Waals surface area contributed by atoms with Gasteiger partial charge in [-0.25, -0.2) is 0 Å². The van der Waals surface area contributed by atoms with Gasteiger partial charge >= 0.3 is 0 Å². The van der Waals surface area contributed by atoms with E-state index in [1.807, 2.05) is 60.7 Å². The summed E-state index contributed by atoms with van der Waals surface area (Å²) in [6, 6.07) is 11.5. The minimum Gasteiger partial charge on any atom is -0.493 e. The topological polar surface area (TPSA) is 46.2 Å². The summed E-state index contributed by atoms with van der Waals surface area (Å²) in [5.74, 6) is 2.84. The molecule has 0 unspecified atom stereocenters. The number of methoxy groups -OCH3 is 4. The fourth-order valence-corrected chi connectivity index (χ4v) is 2.49. The van der Waals surface area contributed by atoms with E-state index in [2.05, 4.69) is 0 Å². The SMILES string of the molecule is COc1ccc(C=CCOCC=Cc2ccc(OC)c(OC)c2)cc1OC. The molecule has 5 heteroatoms. The third kappa shape index (κ3) is 6.08. The lowest BCUT2D eigenvalue weighted by Gasteiger charge is -2.07. The van der Waals surface area contributed by atoms with Crippen LogP contribution in [0.3, 0.4) is 0 Å². The van der Waals surface area contributed by atoms with Gasteiger partial charge in [0.05, 0.1) is 41.7 Å². The molecule has 0 saturated heterocycles. The molecule has 0 aliphatic heterocycles. The fourth-order valence-electron chi connectivity index (χ4n) is 2.49. The number of hydrogen-bond acceptors (Lipinski definition) is 5. The van der Waals surface area contributed by atoms with E-state index in [4.69, 9.17) is 23.7 Å². The lowest BCUT2D eigenvalue weighted by atomic mass is 10.2. The van der Waals surface area contributed by atoms with Crippen molar-refractivity contribution in [3.8, 4) is 23.0 Å². The van der Waals surface area contributed by atoms with Crippen LogP contribution in [0.15, 0.2) is 48.6 Å². The summed E-state index contributed by atoms with van der Waals surface area (Å²) in [4.78, 5) is 0. The van der Waals surface area contributed by atoms with Gasteiger partial charge in [0.1, 0.15) is 0 Å². The fraction of sp³-hybridized carbons (Fsp3) is 0.273. The summed E-state index contributed by atoms with van der Waals surface area (Å²) in [6.07, 6.45) is 7.90. The molecule has 0 radical (unpaired) electrons. The van der Waals surface area contributed by atoms with E-state index in [0.717, 1.165) is 11.1 Å². The van der Waals surface area contributed by atoms with Crippen LogP contribution in [0.1, 0.15) is 11.1 Å². The van der Waals surface area contributed by atoms with Crippen molar-refractivity contribution in [3.63, 3.8) is 0 Å². The number of hydrogen-bond donors (Lipinski definition) is 0. The van der Waals surface area contributed by atoms with Gasteiger partial charge in [-0.05, 0) is 35.4 Å². The molecule has 2 aromatic carbocycles. The van der Waals surface area contributed by atoms with Gasteiger partial charge in [0.15, 0.2) is 23.0 Å². The Bertz CT molecular complexity index is 715. The van der Waals surface area contributed by atoms with Gasteiger partial charge in [-0.3, -0.25) is 0 Å². The van der Waals surface area contributed by atoms with Gasteiger partial charge in [-0.2, -0.15) is 0 Å². The van der Waals surface area contributed by atoms with E-state index in [1.165, 1.54) is 0 Å². The third-order valence-corrected chi connectivity index (χ3v) is 3.86. The molecule has 0 aliphatic rings. The number of rotatable bonds is 10. The minimum absolute atomic E-state index is 0.518. The third-order valence-electron chi connectivity index (χ3n) is 3.86. The molecule has 2 rings (SSSR count). The summed E-state index contributed by atoms with van der Waals surface area (Å²) in [5, 5.41) is 0. The molecule has 0 bridgehead atoms. The van der Waals surface area contributed by atoms with Crippen molar-refractivity contribution < 1.29 is 23.7 Å². The van der Waals surface area contributed by atoms with E-state index in [-0.39, 0.29) is 0 Å². The second-order valence-corrected chi connectivity index (χ2v) is 5.57. The predicted molar refractivity (Wildman–Crippen MR) is 108 cm³/mol. The second-order valence-electron chi connectivity index (χ2n) is 5.57. The van der Waals surface area contributed by atoms with Crippen LogP contribution >= 0.6 is 0 Å². The monoisotopic (exact) mass is 370 g/mol. The van der Waals surface area contributed by atoms with Gasteiger partial charge in [0.2, 0.25) is 0 Å². The molecular weight excluding hydrogens is 344 g/mol. The van der Waals surface area contributed by atoms with Crippen molar-refractivity contribution in [2.45, 2.75) is 0 Å². The zero-order valence-corrected chi connectivity index (χ0v) is 16.2. The largest absolute Gasteiger partial charge is 0.493 e. The van der Waals surface area contributed by atoms with E-state index in [1.54, 1.807) is 28.4 Å². The molecule has 0 heterocycles. The van der Waals surface area contributed by atoms with E-state index < -0.39 is 0 Å². The summed E-state index contributed by atoms with van der Waals surface area (Å²) in [7, 11) is 6.49. The molecule has 0 saturated carbocycles. The van der Waals surface area contributed by atoms with Gasteiger partial charge in [0, 0.05) is 0 Å². The molecule has 0 aliphatic carbocycles. The van der Waals surface area contributed by atoms with Crippen LogP contribution in [0, 0.1) is 0 Å². The first-order chi connectivity index (χ1) is 13.2. The maximum absolute atomic E-state index is 5.59. The van der Waals surface area contributed by atoms with Crippen molar-refractivity contribution in [1.82, 2.24) is 0 Å². The van der Waals surface area contributed by atoms with Crippen LogP contribution < -0.4 is 18.9 Å². The Morgan fingerprint density at radius 3 is 1.37 bits per heavy atom. The van der Waals surface area contributed by atoms with E-state index in [0.29, 0.717) is 36.2 Å². The standard InChI is InChI=1S/C22H26O5/c1-23-19-11-9-17(15-21(19)25-3)7-5-13-27-14-6-8-18-10-12-20(24-2)22(16-18)26-4/h5-12,15-16H,13-14H2,1-4H3. The average Bonchev–Trinajstić information content (AvgIpc) is 2.72. The van der Waals surface area contributed by atoms with Gasteiger partial charge in [-0.1, -0.05) is 36.4 Å². The molecule has 0 atom stereocenters. The summed E-state index contributed by atoms with van der Waals surface area (Å²) in [6.45, 7) is 1.04. The highest BCUT2D eigenvalue weighted by Crippen LogP contribution is 2.28. The van der Waals surface area contributed by atoms with Crippen LogP contribution in [0.2, 0.25) is 0 Å². The lowest BCUT2D eigenvalue weighted by Crippen LogP contribution is -1.92. The highest BCUT2D eigenvalue weighted by Gasteiger charge is 2.03. The maximum atomic E-state index is 5.59. The van der Waals surface area contributed by atoms with Crippen LogP contribution in [0.25, 0.3) is 12.2 Å². The predicted octanol–water partition coefficient (Wildman–Crippen LogP) is 4.46. The molecule has 0 spiro atoms.